The fraction of sp³-hybridized carbons (Fsp3) is 0.714. The number of hydrogen-bond donors (Lipinski definition) is 2. The molecular weight excluding hydrogens is 384 g/mol. The van der Waals surface area contributed by atoms with E-state index < -0.39 is 12.2 Å². The van der Waals surface area contributed by atoms with Gasteiger partial charge in [-0.25, -0.2) is 4.89 Å². The Labute approximate surface area is 189 Å². The molecule has 0 aliphatic heterocycles. The molecule has 3 heteroatoms. The summed E-state index contributed by atoms with van der Waals surface area (Å²) in [5.41, 5.74) is 3.53. The third-order valence-corrected chi connectivity index (χ3v) is 8.75. The maximum atomic E-state index is 10.1. The summed E-state index contributed by atoms with van der Waals surface area (Å²) in [6.07, 6.45) is 15.3. The number of aliphatic hydroxyl groups excluding tert-OH is 1. The molecule has 3 aliphatic rings. The van der Waals surface area contributed by atoms with Gasteiger partial charge in [-0.1, -0.05) is 58.9 Å². The van der Waals surface area contributed by atoms with Crippen LogP contribution in [0, 0.1) is 35.0 Å². The largest absolute Gasteiger partial charge is 0.389 e. The fourth-order valence-corrected chi connectivity index (χ4v) is 6.39. The molecule has 0 spiro atoms. The molecule has 0 bridgehead atoms. The predicted molar refractivity (Wildman–Crippen MR) is 129 cm³/mol. The number of fused-ring (bicyclic) bond motifs is 1. The minimum Gasteiger partial charge on any atom is -0.389 e. The average Bonchev–Trinajstić information content (AvgIpc) is 3.09. The Morgan fingerprint density at radius 3 is 2.55 bits per heavy atom. The van der Waals surface area contributed by atoms with Crippen LogP contribution in [0.1, 0.15) is 79.6 Å². The molecule has 2 N–H and O–H groups in total. The molecule has 0 aromatic heterocycles. The Morgan fingerprint density at radius 2 is 1.87 bits per heavy atom. The van der Waals surface area contributed by atoms with Crippen LogP contribution in [-0.4, -0.2) is 22.6 Å². The van der Waals surface area contributed by atoms with E-state index in [2.05, 4.69) is 59.4 Å². The van der Waals surface area contributed by atoms with Crippen LogP contribution in [0.3, 0.4) is 0 Å². The second kappa shape index (κ2) is 10.2. The summed E-state index contributed by atoms with van der Waals surface area (Å²) in [6, 6.07) is 0. The molecule has 0 saturated heterocycles. The number of rotatable bonds is 7. The van der Waals surface area contributed by atoms with E-state index in [1.165, 1.54) is 31.3 Å². The normalized spacial score (nSPS) is 36.0. The summed E-state index contributed by atoms with van der Waals surface area (Å²) >= 11 is 0. The smallest absolute Gasteiger partial charge is 0.136 e. The molecule has 174 valence electrons. The van der Waals surface area contributed by atoms with E-state index in [9.17, 15) is 10.4 Å². The molecule has 0 aromatic carbocycles. The Hall–Kier alpha value is -1.16. The summed E-state index contributed by atoms with van der Waals surface area (Å²) in [6.45, 7) is 15.9. The van der Waals surface area contributed by atoms with Gasteiger partial charge in [0.15, 0.2) is 0 Å². The highest BCUT2D eigenvalue weighted by molar-refractivity contribution is 5.39. The monoisotopic (exact) mass is 428 g/mol. The highest BCUT2D eigenvalue weighted by Gasteiger charge is 2.50. The first-order valence-corrected chi connectivity index (χ1v) is 12.4. The molecule has 0 unspecified atom stereocenters. The van der Waals surface area contributed by atoms with E-state index in [1.807, 2.05) is 6.08 Å². The number of aliphatic hydroxyl groups is 1. The van der Waals surface area contributed by atoms with Crippen molar-refractivity contribution >= 4 is 0 Å². The molecule has 3 rings (SSSR count). The van der Waals surface area contributed by atoms with E-state index in [4.69, 9.17) is 4.89 Å². The van der Waals surface area contributed by atoms with Gasteiger partial charge in [0.05, 0.1) is 6.10 Å². The van der Waals surface area contributed by atoms with Crippen molar-refractivity contribution < 1.29 is 15.3 Å². The highest BCUT2D eigenvalue weighted by Crippen LogP contribution is 2.59. The second-order valence-electron chi connectivity index (χ2n) is 11.0. The lowest BCUT2D eigenvalue weighted by molar-refractivity contribution is -0.256. The van der Waals surface area contributed by atoms with Crippen LogP contribution >= 0.6 is 0 Å². The third-order valence-electron chi connectivity index (χ3n) is 8.75. The summed E-state index contributed by atoms with van der Waals surface area (Å²) in [4.78, 5) is 4.93. The zero-order valence-electron chi connectivity index (χ0n) is 20.3. The van der Waals surface area contributed by atoms with Crippen LogP contribution < -0.4 is 0 Å². The molecule has 0 aromatic rings. The van der Waals surface area contributed by atoms with Crippen LogP contribution in [0.15, 0.2) is 47.6 Å². The highest BCUT2D eigenvalue weighted by atomic mass is 17.1. The van der Waals surface area contributed by atoms with Crippen molar-refractivity contribution in [2.45, 2.75) is 91.8 Å². The van der Waals surface area contributed by atoms with Crippen molar-refractivity contribution in [3.8, 4) is 0 Å². The topological polar surface area (TPSA) is 49.7 Å². The zero-order valence-corrected chi connectivity index (χ0v) is 20.3. The SMILES string of the molecule is C=C1CC[C@H](O)C=C1[C@@H](/C=C1\CCC[C@]2(C)[C@@H]([C@H](C)/C=C/[C@H](C)C(C)C)CC[C@@H]12)OO. The maximum Gasteiger partial charge on any atom is 0.136 e. The molecule has 3 aliphatic carbocycles. The van der Waals surface area contributed by atoms with Crippen LogP contribution in [0.5, 0.6) is 0 Å². The van der Waals surface area contributed by atoms with Gasteiger partial charge in [-0.05, 0) is 103 Å². The maximum absolute atomic E-state index is 10.1. The molecule has 0 amide bonds. The first-order chi connectivity index (χ1) is 14.7. The van der Waals surface area contributed by atoms with E-state index in [1.54, 1.807) is 0 Å². The molecule has 0 radical (unpaired) electrons. The number of hydrogen-bond acceptors (Lipinski definition) is 3. The number of allylic oxidation sites excluding steroid dienone is 3. The van der Waals surface area contributed by atoms with Crippen LogP contribution in [-0.2, 0) is 4.89 Å². The van der Waals surface area contributed by atoms with Crippen molar-refractivity contribution in [1.29, 1.82) is 0 Å². The van der Waals surface area contributed by atoms with Gasteiger partial charge in [0.25, 0.3) is 0 Å². The van der Waals surface area contributed by atoms with Gasteiger partial charge in [0.1, 0.15) is 6.10 Å². The lowest BCUT2D eigenvalue weighted by atomic mass is 9.61. The van der Waals surface area contributed by atoms with Crippen LogP contribution in [0.4, 0.5) is 0 Å². The van der Waals surface area contributed by atoms with Gasteiger partial charge in [0.2, 0.25) is 0 Å². The minimum absolute atomic E-state index is 0.298. The van der Waals surface area contributed by atoms with Gasteiger partial charge in [-0.2, -0.15) is 0 Å². The molecule has 7 atom stereocenters. The molecule has 31 heavy (non-hydrogen) atoms. The van der Waals surface area contributed by atoms with Crippen LogP contribution in [0.2, 0.25) is 0 Å². The quantitative estimate of drug-likeness (QED) is 0.258. The Bertz CT molecular complexity index is 731. The van der Waals surface area contributed by atoms with E-state index in [-0.39, 0.29) is 0 Å². The average molecular weight is 429 g/mol. The standard InChI is InChI=1S/C28H44O3/c1-18(2)19(3)9-10-21(5)25-13-14-26-22(8-7-15-28(25,26)6)16-27(31-30)24-17-23(29)12-11-20(24)4/h9-10,16-19,21,23,25-27,29-30H,4,7-8,11-15H2,1-3,5-6H3/b10-9+,22-16+/t19-,21+,23-,25+,26-,27+,28+/m0/s1. The Balaban J connectivity index is 1.80. The summed E-state index contributed by atoms with van der Waals surface area (Å²) in [5.74, 6) is 3.11. The van der Waals surface area contributed by atoms with Gasteiger partial charge >= 0.3 is 0 Å². The van der Waals surface area contributed by atoms with Crippen molar-refractivity contribution in [3.05, 3.63) is 47.6 Å². The molecule has 0 heterocycles. The van der Waals surface area contributed by atoms with Crippen LogP contribution in [0.25, 0.3) is 0 Å². The van der Waals surface area contributed by atoms with E-state index in [0.717, 1.165) is 24.0 Å². The Morgan fingerprint density at radius 1 is 1.13 bits per heavy atom. The second-order valence-corrected chi connectivity index (χ2v) is 11.0. The van der Waals surface area contributed by atoms with Crippen molar-refractivity contribution in [2.24, 2.45) is 35.0 Å². The summed E-state index contributed by atoms with van der Waals surface area (Å²) in [5, 5.41) is 19.8. The summed E-state index contributed by atoms with van der Waals surface area (Å²) < 4.78 is 0. The lowest BCUT2D eigenvalue weighted by Crippen LogP contribution is -2.36. The predicted octanol–water partition coefficient (Wildman–Crippen LogP) is 7.11. The molecule has 3 nitrogen and oxygen atoms in total. The van der Waals surface area contributed by atoms with Crippen molar-refractivity contribution in [1.82, 2.24) is 0 Å². The fourth-order valence-electron chi connectivity index (χ4n) is 6.39. The molecule has 2 saturated carbocycles. The Kier molecular flexibility index (Phi) is 8.05. The van der Waals surface area contributed by atoms with Crippen molar-refractivity contribution in [3.63, 3.8) is 0 Å². The van der Waals surface area contributed by atoms with Crippen molar-refractivity contribution in [2.75, 3.05) is 0 Å². The molecule has 2 fully saturated rings. The zero-order chi connectivity index (χ0) is 22.8. The van der Waals surface area contributed by atoms with Gasteiger partial charge in [-0.15, -0.1) is 0 Å². The van der Waals surface area contributed by atoms with E-state index in [0.29, 0.717) is 41.4 Å². The summed E-state index contributed by atoms with van der Waals surface area (Å²) in [7, 11) is 0. The molecular formula is C28H44O3. The van der Waals surface area contributed by atoms with E-state index >= 15 is 0 Å². The first-order valence-electron chi connectivity index (χ1n) is 12.4. The van der Waals surface area contributed by atoms with Gasteiger partial charge in [0, 0.05) is 0 Å². The third kappa shape index (κ3) is 5.26. The minimum atomic E-state index is -0.525. The van der Waals surface area contributed by atoms with Gasteiger partial charge < -0.3 is 5.11 Å². The first kappa shape index (κ1) is 24.5. The van der Waals surface area contributed by atoms with Gasteiger partial charge in [-0.3, -0.25) is 5.26 Å². The lowest BCUT2D eigenvalue weighted by Gasteiger charge is -2.44.